The molecule has 0 rings (SSSR count). The Balaban J connectivity index is 4.20. The number of amides is 1. The molecule has 0 aromatic rings. The fraction of sp³-hybridized carbons (Fsp3) is 0.667. The second-order valence-corrected chi connectivity index (χ2v) is 3.45. The van der Waals surface area contributed by atoms with Gasteiger partial charge in [0, 0.05) is 19.4 Å². The zero-order valence-electron chi connectivity index (χ0n) is 9.13. The van der Waals surface area contributed by atoms with Crippen molar-refractivity contribution in [1.29, 1.82) is 0 Å². The van der Waals surface area contributed by atoms with E-state index in [0.29, 0.717) is 0 Å². The van der Waals surface area contributed by atoms with Gasteiger partial charge < -0.3 is 26.4 Å². The van der Waals surface area contributed by atoms with E-state index in [0.717, 1.165) is 0 Å². The van der Waals surface area contributed by atoms with Crippen molar-refractivity contribution in [3.05, 3.63) is 0 Å². The number of carboxylic acid groups (broad SMARTS) is 2. The first kappa shape index (κ1) is 15.3. The molecular weight excluding hydrogens is 232 g/mol. The first-order valence-corrected chi connectivity index (χ1v) is 5.00. The highest BCUT2D eigenvalue weighted by molar-refractivity contribution is 5.87. The van der Waals surface area contributed by atoms with Gasteiger partial charge in [-0.05, 0) is 6.42 Å². The lowest BCUT2D eigenvalue weighted by atomic mass is 10.1. The number of carbonyl (C=O) groups excluding carboxylic acids is 1. The predicted molar refractivity (Wildman–Crippen MR) is 56.1 cm³/mol. The quantitative estimate of drug-likeness (QED) is 0.337. The highest BCUT2D eigenvalue weighted by Crippen LogP contribution is 1.98. The van der Waals surface area contributed by atoms with Crippen molar-refractivity contribution >= 4 is 17.8 Å². The van der Waals surface area contributed by atoms with Crippen molar-refractivity contribution < 1.29 is 29.7 Å². The third-order valence-electron chi connectivity index (χ3n) is 2.04. The third kappa shape index (κ3) is 6.48. The smallest absolute Gasteiger partial charge is 0.326 e. The molecule has 0 heterocycles. The number of hydrogen-bond donors (Lipinski definition) is 5. The first-order valence-electron chi connectivity index (χ1n) is 5.00. The number of carbonyl (C=O) groups is 3. The maximum Gasteiger partial charge on any atom is 0.326 e. The molecule has 8 nitrogen and oxygen atoms in total. The molecule has 0 aliphatic heterocycles. The van der Waals surface area contributed by atoms with Crippen molar-refractivity contribution in [1.82, 2.24) is 5.32 Å². The fourth-order valence-corrected chi connectivity index (χ4v) is 1.08. The van der Waals surface area contributed by atoms with Gasteiger partial charge in [0.25, 0.3) is 0 Å². The monoisotopic (exact) mass is 248 g/mol. The standard InChI is InChI=1S/C9H16N2O6/c10-5(1-2-7(13)14)8(15)11-6(3-4-12)9(16)17/h5-6,12H,1-4,10H2,(H,11,15)(H,13,14)(H,16,17)/t5?,6-/m0/s1. The molecule has 0 aliphatic rings. The average Bonchev–Trinajstić information content (AvgIpc) is 2.24. The summed E-state index contributed by atoms with van der Waals surface area (Å²) in [5.74, 6) is -3.11. The van der Waals surface area contributed by atoms with Crippen molar-refractivity contribution in [3.8, 4) is 0 Å². The van der Waals surface area contributed by atoms with Crippen molar-refractivity contribution in [3.63, 3.8) is 0 Å². The van der Waals surface area contributed by atoms with Crippen molar-refractivity contribution in [2.75, 3.05) is 6.61 Å². The fourth-order valence-electron chi connectivity index (χ4n) is 1.08. The van der Waals surface area contributed by atoms with Crippen LogP contribution in [0.25, 0.3) is 0 Å². The Labute approximate surface area is 97.4 Å². The van der Waals surface area contributed by atoms with Crippen LogP contribution in [0, 0.1) is 0 Å². The number of rotatable bonds is 8. The van der Waals surface area contributed by atoms with Gasteiger partial charge in [-0.1, -0.05) is 0 Å². The SMILES string of the molecule is NC(CCC(=O)O)C(=O)N[C@@H](CCO)C(=O)O. The van der Waals surface area contributed by atoms with Gasteiger partial charge in [0.2, 0.25) is 5.91 Å². The molecule has 0 aromatic heterocycles. The van der Waals surface area contributed by atoms with Crippen molar-refractivity contribution in [2.45, 2.75) is 31.3 Å². The van der Waals surface area contributed by atoms with Crippen LogP contribution in [0.1, 0.15) is 19.3 Å². The molecule has 0 saturated heterocycles. The second-order valence-electron chi connectivity index (χ2n) is 3.45. The van der Waals surface area contributed by atoms with E-state index < -0.39 is 29.9 Å². The number of aliphatic hydroxyl groups is 1. The zero-order chi connectivity index (χ0) is 13.4. The molecule has 6 N–H and O–H groups in total. The van der Waals surface area contributed by atoms with Crippen molar-refractivity contribution in [2.24, 2.45) is 5.73 Å². The number of aliphatic carboxylic acids is 2. The van der Waals surface area contributed by atoms with Crippen LogP contribution in [0.2, 0.25) is 0 Å². The summed E-state index contributed by atoms with van der Waals surface area (Å²) in [5.41, 5.74) is 5.38. The molecule has 0 aliphatic carbocycles. The van der Waals surface area contributed by atoms with Crippen LogP contribution in [-0.4, -0.2) is 51.9 Å². The van der Waals surface area contributed by atoms with Gasteiger partial charge in [-0.2, -0.15) is 0 Å². The minimum Gasteiger partial charge on any atom is -0.481 e. The highest BCUT2D eigenvalue weighted by Gasteiger charge is 2.22. The van der Waals surface area contributed by atoms with Crippen LogP contribution in [0.5, 0.6) is 0 Å². The topological polar surface area (TPSA) is 150 Å². The van der Waals surface area contributed by atoms with Crippen LogP contribution in [0.3, 0.4) is 0 Å². The first-order chi connectivity index (χ1) is 7.88. The van der Waals surface area contributed by atoms with Gasteiger partial charge in [0.05, 0.1) is 6.04 Å². The zero-order valence-corrected chi connectivity index (χ0v) is 9.13. The molecule has 0 bridgehead atoms. The van der Waals surface area contributed by atoms with Gasteiger partial charge in [0.15, 0.2) is 0 Å². The molecule has 1 amide bonds. The van der Waals surface area contributed by atoms with Crippen LogP contribution < -0.4 is 11.1 Å². The molecule has 0 radical (unpaired) electrons. The summed E-state index contributed by atoms with van der Waals surface area (Å²) in [6.45, 7) is -0.387. The maximum absolute atomic E-state index is 11.4. The van der Waals surface area contributed by atoms with Gasteiger partial charge in [-0.3, -0.25) is 9.59 Å². The van der Waals surface area contributed by atoms with E-state index in [9.17, 15) is 14.4 Å². The molecule has 0 aromatic carbocycles. The molecule has 0 saturated carbocycles. The number of carboxylic acids is 2. The van der Waals surface area contributed by atoms with E-state index in [2.05, 4.69) is 5.32 Å². The molecule has 2 atom stereocenters. The van der Waals surface area contributed by atoms with Crippen LogP contribution in [0.4, 0.5) is 0 Å². The lowest BCUT2D eigenvalue weighted by Gasteiger charge is -2.16. The largest absolute Gasteiger partial charge is 0.481 e. The Hall–Kier alpha value is -1.67. The molecule has 17 heavy (non-hydrogen) atoms. The minimum absolute atomic E-state index is 0.0768. The van der Waals surface area contributed by atoms with Gasteiger partial charge in [-0.25, -0.2) is 4.79 Å². The Kier molecular flexibility index (Phi) is 6.83. The highest BCUT2D eigenvalue weighted by atomic mass is 16.4. The number of nitrogens with one attached hydrogen (secondary N) is 1. The number of hydrogen-bond acceptors (Lipinski definition) is 5. The maximum atomic E-state index is 11.4. The Morgan fingerprint density at radius 2 is 1.76 bits per heavy atom. The van der Waals surface area contributed by atoms with Crippen LogP contribution in [0.15, 0.2) is 0 Å². The Morgan fingerprint density at radius 3 is 2.18 bits per heavy atom. The third-order valence-corrected chi connectivity index (χ3v) is 2.04. The number of aliphatic hydroxyl groups excluding tert-OH is 1. The van der Waals surface area contributed by atoms with E-state index in [-0.39, 0.29) is 25.9 Å². The predicted octanol–water partition coefficient (Wildman–Crippen LogP) is -1.87. The molecule has 8 heteroatoms. The summed E-state index contributed by atoms with van der Waals surface area (Å²) in [6.07, 6.45) is -0.480. The summed E-state index contributed by atoms with van der Waals surface area (Å²) >= 11 is 0. The molecule has 98 valence electrons. The summed E-state index contributed by atoms with van der Waals surface area (Å²) in [6, 6.07) is -2.30. The van der Waals surface area contributed by atoms with E-state index in [1.807, 2.05) is 0 Å². The Bertz CT molecular complexity index is 293. The summed E-state index contributed by atoms with van der Waals surface area (Å²) < 4.78 is 0. The van der Waals surface area contributed by atoms with E-state index in [1.165, 1.54) is 0 Å². The summed E-state index contributed by atoms with van der Waals surface area (Å²) in [7, 11) is 0. The lowest BCUT2D eigenvalue weighted by molar-refractivity contribution is -0.142. The minimum atomic E-state index is -1.28. The molecule has 0 fully saturated rings. The summed E-state index contributed by atoms with van der Waals surface area (Å²) in [5, 5.41) is 27.8. The van der Waals surface area contributed by atoms with Crippen LogP contribution >= 0.6 is 0 Å². The lowest BCUT2D eigenvalue weighted by Crippen LogP contribution is -2.48. The normalized spacial score (nSPS) is 13.8. The number of nitrogens with two attached hydrogens (primary N) is 1. The second kappa shape index (κ2) is 7.58. The Morgan fingerprint density at radius 1 is 1.18 bits per heavy atom. The molecular formula is C9H16N2O6. The van der Waals surface area contributed by atoms with E-state index in [1.54, 1.807) is 0 Å². The van der Waals surface area contributed by atoms with Crippen LogP contribution in [-0.2, 0) is 14.4 Å². The molecule has 1 unspecified atom stereocenters. The molecule has 0 spiro atoms. The van der Waals surface area contributed by atoms with Gasteiger partial charge >= 0.3 is 11.9 Å². The van der Waals surface area contributed by atoms with E-state index >= 15 is 0 Å². The van der Waals surface area contributed by atoms with Gasteiger partial charge in [0.1, 0.15) is 6.04 Å². The average molecular weight is 248 g/mol. The van der Waals surface area contributed by atoms with Gasteiger partial charge in [-0.15, -0.1) is 0 Å². The summed E-state index contributed by atoms with van der Waals surface area (Å²) in [4.78, 5) is 32.3. The van der Waals surface area contributed by atoms with E-state index in [4.69, 9.17) is 21.1 Å².